The first kappa shape index (κ1) is 12.7. The molecule has 3 heteroatoms. The van der Waals surface area contributed by atoms with E-state index < -0.39 is 0 Å². The lowest BCUT2D eigenvalue weighted by atomic mass is 9.86. The highest BCUT2D eigenvalue weighted by Crippen LogP contribution is 2.27. The summed E-state index contributed by atoms with van der Waals surface area (Å²) in [4.78, 5) is 8.18. The molecule has 2 aromatic rings. The highest BCUT2D eigenvalue weighted by atomic mass is 14.9. The van der Waals surface area contributed by atoms with Gasteiger partial charge in [-0.3, -0.25) is 0 Å². The topological polar surface area (TPSA) is 54.7 Å². The fourth-order valence-corrected chi connectivity index (χ4v) is 3.24. The maximum atomic E-state index is 5.76. The van der Waals surface area contributed by atoms with E-state index in [2.05, 4.69) is 17.1 Å². The minimum atomic E-state index is 0.560. The summed E-state index contributed by atoms with van der Waals surface area (Å²) in [5, 5.41) is 0. The van der Waals surface area contributed by atoms with Crippen molar-refractivity contribution in [2.24, 2.45) is 11.7 Å². The molecular formula is C16H23N3. The number of nitrogens with zero attached hydrogens (tertiary/aromatic N) is 1. The molecule has 3 N–H and O–H groups in total. The van der Waals surface area contributed by atoms with Crippen molar-refractivity contribution in [3.05, 3.63) is 29.6 Å². The maximum Gasteiger partial charge on any atom is 0.107 e. The Morgan fingerprint density at radius 2 is 2.05 bits per heavy atom. The minimum absolute atomic E-state index is 0.560. The summed E-state index contributed by atoms with van der Waals surface area (Å²) in [6.45, 7) is 0.560. The van der Waals surface area contributed by atoms with Crippen LogP contribution in [0.3, 0.4) is 0 Å². The summed E-state index contributed by atoms with van der Waals surface area (Å²) >= 11 is 0. The number of hydrogen-bond acceptors (Lipinski definition) is 2. The third-order valence-electron chi connectivity index (χ3n) is 4.38. The molecule has 0 unspecified atom stereocenters. The highest BCUT2D eigenvalue weighted by molar-refractivity contribution is 5.78. The quantitative estimate of drug-likeness (QED) is 0.880. The van der Waals surface area contributed by atoms with E-state index in [4.69, 9.17) is 10.7 Å². The molecule has 1 heterocycles. The van der Waals surface area contributed by atoms with Crippen molar-refractivity contribution in [2.45, 2.75) is 51.5 Å². The van der Waals surface area contributed by atoms with Crippen molar-refractivity contribution in [2.75, 3.05) is 0 Å². The first-order valence-corrected chi connectivity index (χ1v) is 7.53. The molecule has 1 saturated carbocycles. The van der Waals surface area contributed by atoms with Crippen molar-refractivity contribution < 1.29 is 0 Å². The number of aromatic amines is 1. The van der Waals surface area contributed by atoms with Crippen LogP contribution in [0.25, 0.3) is 11.0 Å². The molecule has 1 aromatic carbocycles. The highest BCUT2D eigenvalue weighted by Gasteiger charge is 2.14. The van der Waals surface area contributed by atoms with Crippen molar-refractivity contribution >= 4 is 11.0 Å². The molecule has 0 saturated heterocycles. The smallest absolute Gasteiger partial charge is 0.107 e. The van der Waals surface area contributed by atoms with E-state index in [1.807, 2.05) is 6.07 Å². The van der Waals surface area contributed by atoms with E-state index in [0.29, 0.717) is 6.54 Å². The molecule has 102 valence electrons. The number of rotatable bonds is 4. The Morgan fingerprint density at radius 3 is 2.84 bits per heavy atom. The summed E-state index contributed by atoms with van der Waals surface area (Å²) in [5.41, 5.74) is 9.08. The zero-order valence-corrected chi connectivity index (χ0v) is 11.5. The number of para-hydroxylation sites is 1. The second-order valence-electron chi connectivity index (χ2n) is 5.74. The van der Waals surface area contributed by atoms with Gasteiger partial charge >= 0.3 is 0 Å². The van der Waals surface area contributed by atoms with Gasteiger partial charge in [-0.1, -0.05) is 44.2 Å². The summed E-state index contributed by atoms with van der Waals surface area (Å²) < 4.78 is 0. The fourth-order valence-electron chi connectivity index (χ4n) is 3.24. The van der Waals surface area contributed by atoms with Gasteiger partial charge in [0.15, 0.2) is 0 Å². The lowest BCUT2D eigenvalue weighted by molar-refractivity contribution is 0.337. The molecule has 0 atom stereocenters. The predicted octanol–water partition coefficient (Wildman–Crippen LogP) is 3.53. The Hall–Kier alpha value is -1.35. The van der Waals surface area contributed by atoms with Gasteiger partial charge in [-0.2, -0.15) is 0 Å². The van der Waals surface area contributed by atoms with Gasteiger partial charge in [-0.15, -0.1) is 0 Å². The standard InChI is InChI=1S/C16H23N3/c17-11-13-7-4-8-14-16(13)19-15(18-14)10-9-12-5-2-1-3-6-12/h4,7-8,12H,1-3,5-6,9-11,17H2,(H,18,19). The molecular weight excluding hydrogens is 234 g/mol. The van der Waals surface area contributed by atoms with Crippen LogP contribution in [-0.2, 0) is 13.0 Å². The van der Waals surface area contributed by atoms with Crippen molar-refractivity contribution in [3.63, 3.8) is 0 Å². The van der Waals surface area contributed by atoms with E-state index in [1.165, 1.54) is 38.5 Å². The second-order valence-corrected chi connectivity index (χ2v) is 5.74. The van der Waals surface area contributed by atoms with Crippen LogP contribution in [0.1, 0.15) is 49.9 Å². The number of fused-ring (bicyclic) bond motifs is 1. The van der Waals surface area contributed by atoms with Crippen LogP contribution < -0.4 is 5.73 Å². The van der Waals surface area contributed by atoms with Gasteiger partial charge in [0.05, 0.1) is 11.0 Å². The van der Waals surface area contributed by atoms with Crippen LogP contribution in [0.4, 0.5) is 0 Å². The number of imidazole rings is 1. The van der Waals surface area contributed by atoms with Gasteiger partial charge in [0.2, 0.25) is 0 Å². The monoisotopic (exact) mass is 257 g/mol. The molecule has 19 heavy (non-hydrogen) atoms. The molecule has 0 bridgehead atoms. The molecule has 0 radical (unpaired) electrons. The molecule has 0 spiro atoms. The zero-order valence-electron chi connectivity index (χ0n) is 11.5. The van der Waals surface area contributed by atoms with Crippen LogP contribution >= 0.6 is 0 Å². The summed E-state index contributed by atoms with van der Waals surface area (Å²) in [6.07, 6.45) is 9.44. The Balaban J connectivity index is 1.70. The van der Waals surface area contributed by atoms with Gasteiger partial charge in [0.25, 0.3) is 0 Å². The van der Waals surface area contributed by atoms with Crippen LogP contribution in [0.2, 0.25) is 0 Å². The van der Waals surface area contributed by atoms with E-state index in [0.717, 1.165) is 34.8 Å². The van der Waals surface area contributed by atoms with Gasteiger partial charge in [0, 0.05) is 13.0 Å². The van der Waals surface area contributed by atoms with Gasteiger partial charge in [0.1, 0.15) is 5.82 Å². The number of aromatic nitrogens is 2. The average Bonchev–Trinajstić information content (AvgIpc) is 2.89. The summed E-state index contributed by atoms with van der Waals surface area (Å²) in [6, 6.07) is 6.20. The molecule has 0 amide bonds. The summed E-state index contributed by atoms with van der Waals surface area (Å²) in [7, 11) is 0. The lowest BCUT2D eigenvalue weighted by Gasteiger charge is -2.20. The Labute approximate surface area is 114 Å². The largest absolute Gasteiger partial charge is 0.342 e. The fraction of sp³-hybridized carbons (Fsp3) is 0.562. The number of benzene rings is 1. The Kier molecular flexibility index (Phi) is 3.83. The zero-order chi connectivity index (χ0) is 13.1. The number of nitrogens with two attached hydrogens (primary N) is 1. The Bertz CT molecular complexity index is 538. The first-order valence-electron chi connectivity index (χ1n) is 7.53. The van der Waals surface area contributed by atoms with E-state index in [9.17, 15) is 0 Å². The molecule has 0 aliphatic heterocycles. The van der Waals surface area contributed by atoms with E-state index >= 15 is 0 Å². The lowest BCUT2D eigenvalue weighted by Crippen LogP contribution is -2.07. The molecule has 3 nitrogen and oxygen atoms in total. The SMILES string of the molecule is NCc1cccc2[nH]c(CCC3CCCCC3)nc12. The maximum absolute atomic E-state index is 5.76. The average molecular weight is 257 g/mol. The molecule has 1 fully saturated rings. The number of nitrogens with one attached hydrogen (secondary N) is 1. The van der Waals surface area contributed by atoms with Crippen LogP contribution in [-0.4, -0.2) is 9.97 Å². The first-order chi connectivity index (χ1) is 9.36. The molecule has 1 aliphatic carbocycles. The van der Waals surface area contributed by atoms with Crippen molar-refractivity contribution in [1.29, 1.82) is 0 Å². The third kappa shape index (κ3) is 2.81. The van der Waals surface area contributed by atoms with Crippen LogP contribution in [0.15, 0.2) is 18.2 Å². The van der Waals surface area contributed by atoms with Gasteiger partial charge in [-0.25, -0.2) is 4.98 Å². The number of hydrogen-bond donors (Lipinski definition) is 2. The minimum Gasteiger partial charge on any atom is -0.342 e. The van der Waals surface area contributed by atoms with Gasteiger partial charge < -0.3 is 10.7 Å². The van der Waals surface area contributed by atoms with Crippen molar-refractivity contribution in [3.8, 4) is 0 Å². The second kappa shape index (κ2) is 5.74. The van der Waals surface area contributed by atoms with E-state index in [1.54, 1.807) is 0 Å². The predicted molar refractivity (Wildman–Crippen MR) is 78.9 cm³/mol. The van der Waals surface area contributed by atoms with Crippen LogP contribution in [0.5, 0.6) is 0 Å². The van der Waals surface area contributed by atoms with Gasteiger partial charge in [-0.05, 0) is 24.0 Å². The summed E-state index contributed by atoms with van der Waals surface area (Å²) in [5.74, 6) is 2.04. The molecule has 1 aliphatic rings. The molecule has 1 aromatic heterocycles. The van der Waals surface area contributed by atoms with Crippen LogP contribution in [0, 0.1) is 5.92 Å². The van der Waals surface area contributed by atoms with Crippen molar-refractivity contribution in [1.82, 2.24) is 9.97 Å². The normalized spacial score (nSPS) is 17.1. The number of aryl methyl sites for hydroxylation is 1. The molecule has 3 rings (SSSR count). The third-order valence-corrected chi connectivity index (χ3v) is 4.38. The van der Waals surface area contributed by atoms with E-state index in [-0.39, 0.29) is 0 Å². The number of H-pyrrole nitrogens is 1. The Morgan fingerprint density at radius 1 is 1.21 bits per heavy atom.